The van der Waals surface area contributed by atoms with E-state index < -0.39 is 12.0 Å². The summed E-state index contributed by atoms with van der Waals surface area (Å²) in [6.07, 6.45) is 1.37. The summed E-state index contributed by atoms with van der Waals surface area (Å²) in [7, 11) is 2.98. The second-order valence-corrected chi connectivity index (χ2v) is 5.74. The molecule has 2 aromatic rings. The lowest BCUT2D eigenvalue weighted by Gasteiger charge is -2.12. The van der Waals surface area contributed by atoms with Gasteiger partial charge >= 0.3 is 12.0 Å². The van der Waals surface area contributed by atoms with Crippen LogP contribution < -0.4 is 25.4 Å². The summed E-state index contributed by atoms with van der Waals surface area (Å²) in [4.78, 5) is 23.0. The lowest BCUT2D eigenvalue weighted by Crippen LogP contribution is -2.24. The molecule has 0 unspecified atom stereocenters. The van der Waals surface area contributed by atoms with Gasteiger partial charge in [0.1, 0.15) is 5.75 Å². The number of methoxy groups -OCH3 is 2. The molecule has 0 heterocycles. The second-order valence-electron chi connectivity index (χ2n) is 4.89. The number of urea groups is 1. The van der Waals surface area contributed by atoms with Gasteiger partial charge in [-0.05, 0) is 57.9 Å². The number of hydrogen-bond acceptors (Lipinski definition) is 6. The number of ether oxygens (including phenoxy) is 3. The maximum Gasteiger partial charge on any atom is 0.343 e. The molecular weight excluding hydrogens is 406 g/mol. The monoisotopic (exact) mass is 421 g/mol. The minimum Gasteiger partial charge on any atom is -0.497 e. The minimum atomic E-state index is -0.780. The third-order valence-electron chi connectivity index (χ3n) is 3.16. The summed E-state index contributed by atoms with van der Waals surface area (Å²) in [6, 6.07) is 8.97. The van der Waals surface area contributed by atoms with Gasteiger partial charge in [-0.15, -0.1) is 0 Å². The van der Waals surface area contributed by atoms with Crippen molar-refractivity contribution in [3.8, 4) is 17.2 Å². The minimum absolute atomic E-state index is 0.216. The smallest absolute Gasteiger partial charge is 0.343 e. The molecule has 0 aliphatic heterocycles. The molecule has 0 bridgehead atoms. The van der Waals surface area contributed by atoms with E-state index in [4.69, 9.17) is 19.9 Å². The molecule has 2 aromatic carbocycles. The zero-order valence-corrected chi connectivity index (χ0v) is 15.6. The van der Waals surface area contributed by atoms with E-state index in [1.165, 1.54) is 13.3 Å². The predicted octanol–water partition coefficient (Wildman–Crippen LogP) is 2.69. The van der Waals surface area contributed by atoms with E-state index in [9.17, 15) is 9.59 Å². The first kappa shape index (κ1) is 19.3. The van der Waals surface area contributed by atoms with Crippen LogP contribution in [0.4, 0.5) is 4.79 Å². The molecule has 0 spiro atoms. The first-order valence-electron chi connectivity index (χ1n) is 7.27. The molecule has 0 atom stereocenters. The van der Waals surface area contributed by atoms with Gasteiger partial charge in [0.15, 0.2) is 11.5 Å². The molecule has 3 N–H and O–H groups in total. The van der Waals surface area contributed by atoms with E-state index in [0.717, 1.165) is 0 Å². The van der Waals surface area contributed by atoms with Crippen LogP contribution in [0.1, 0.15) is 15.9 Å². The number of primary amides is 1. The van der Waals surface area contributed by atoms with Crippen LogP contribution in [0.25, 0.3) is 0 Å². The molecule has 0 aliphatic rings. The van der Waals surface area contributed by atoms with E-state index in [2.05, 4.69) is 26.5 Å². The Morgan fingerprint density at radius 1 is 1.15 bits per heavy atom. The lowest BCUT2D eigenvalue weighted by molar-refractivity contribution is 0.0728. The average molecular weight is 422 g/mol. The van der Waals surface area contributed by atoms with Crippen molar-refractivity contribution in [1.29, 1.82) is 0 Å². The molecule has 0 aromatic heterocycles. The van der Waals surface area contributed by atoms with Crippen LogP contribution in [-0.4, -0.2) is 32.4 Å². The Balaban J connectivity index is 2.23. The Kier molecular flexibility index (Phi) is 6.56. The number of nitrogens with one attached hydrogen (secondary N) is 1. The molecule has 0 saturated carbocycles. The van der Waals surface area contributed by atoms with Crippen molar-refractivity contribution in [3.05, 3.63) is 52.0 Å². The summed E-state index contributed by atoms with van der Waals surface area (Å²) in [5, 5.41) is 3.67. The van der Waals surface area contributed by atoms with E-state index in [1.54, 1.807) is 43.5 Å². The van der Waals surface area contributed by atoms with Crippen LogP contribution in [0.2, 0.25) is 0 Å². The fourth-order valence-corrected chi connectivity index (χ4v) is 2.50. The normalized spacial score (nSPS) is 10.4. The summed E-state index contributed by atoms with van der Waals surface area (Å²) in [6.45, 7) is 0. The third kappa shape index (κ3) is 4.96. The van der Waals surface area contributed by atoms with Gasteiger partial charge < -0.3 is 19.9 Å². The van der Waals surface area contributed by atoms with Gasteiger partial charge in [-0.25, -0.2) is 15.0 Å². The van der Waals surface area contributed by atoms with Crippen molar-refractivity contribution in [2.24, 2.45) is 10.8 Å². The molecule has 9 heteroatoms. The molecular formula is C17H16BrN3O5. The van der Waals surface area contributed by atoms with Gasteiger partial charge in [-0.1, -0.05) is 0 Å². The fraction of sp³-hybridized carbons (Fsp3) is 0.118. The van der Waals surface area contributed by atoms with Crippen LogP contribution >= 0.6 is 15.9 Å². The van der Waals surface area contributed by atoms with Crippen molar-refractivity contribution < 1.29 is 23.8 Å². The SMILES string of the molecule is COc1ccc(C(=O)Oc2c(Br)cc(/C=N\NC(N)=O)cc2OC)cc1. The standard InChI is InChI=1S/C17H16BrN3O5/c1-24-12-5-3-11(4-6-12)16(22)26-15-13(18)7-10(8-14(15)25-2)9-20-21-17(19)23/h3-9H,1-2H3,(H3,19,21,23)/b20-9-. The van der Waals surface area contributed by atoms with Crippen LogP contribution in [0, 0.1) is 0 Å². The molecule has 2 amide bonds. The van der Waals surface area contributed by atoms with Gasteiger partial charge in [0.05, 0.1) is 30.5 Å². The van der Waals surface area contributed by atoms with E-state index in [1.807, 2.05) is 0 Å². The van der Waals surface area contributed by atoms with Crippen LogP contribution in [0.15, 0.2) is 46.0 Å². The number of nitrogens with two attached hydrogens (primary N) is 1. The topological polar surface area (TPSA) is 112 Å². The molecule has 136 valence electrons. The molecule has 26 heavy (non-hydrogen) atoms. The number of hydrogen-bond donors (Lipinski definition) is 2. The van der Waals surface area contributed by atoms with Crippen molar-refractivity contribution in [3.63, 3.8) is 0 Å². The van der Waals surface area contributed by atoms with Crippen molar-refractivity contribution in [1.82, 2.24) is 5.43 Å². The largest absolute Gasteiger partial charge is 0.497 e. The van der Waals surface area contributed by atoms with Gasteiger partial charge in [-0.2, -0.15) is 5.10 Å². The van der Waals surface area contributed by atoms with Crippen molar-refractivity contribution in [2.45, 2.75) is 0 Å². The van der Waals surface area contributed by atoms with Gasteiger partial charge in [0.25, 0.3) is 0 Å². The molecule has 0 fully saturated rings. The highest BCUT2D eigenvalue weighted by Crippen LogP contribution is 2.36. The number of benzene rings is 2. The maximum atomic E-state index is 12.3. The number of carbonyl (C=O) groups is 2. The van der Waals surface area contributed by atoms with Gasteiger partial charge in [0, 0.05) is 0 Å². The summed E-state index contributed by atoms with van der Waals surface area (Å²) < 4.78 is 16.2. The van der Waals surface area contributed by atoms with E-state index in [0.29, 0.717) is 27.1 Å². The van der Waals surface area contributed by atoms with Crippen LogP contribution in [0.3, 0.4) is 0 Å². The highest BCUT2D eigenvalue weighted by molar-refractivity contribution is 9.10. The van der Waals surface area contributed by atoms with Crippen LogP contribution in [-0.2, 0) is 0 Å². The third-order valence-corrected chi connectivity index (χ3v) is 3.75. The Bertz CT molecular complexity index is 837. The number of rotatable bonds is 6. The van der Waals surface area contributed by atoms with Gasteiger partial charge in [-0.3, -0.25) is 0 Å². The average Bonchev–Trinajstić information content (AvgIpc) is 2.63. The molecule has 0 saturated heterocycles. The number of halogens is 1. The van der Waals surface area contributed by atoms with Gasteiger partial charge in [0.2, 0.25) is 0 Å². The maximum absolute atomic E-state index is 12.3. The number of amides is 2. The molecule has 2 rings (SSSR count). The Labute approximate surface area is 158 Å². The van der Waals surface area contributed by atoms with E-state index in [-0.39, 0.29) is 5.75 Å². The predicted molar refractivity (Wildman–Crippen MR) is 99.0 cm³/mol. The molecule has 0 aliphatic carbocycles. The summed E-state index contributed by atoms with van der Waals surface area (Å²) >= 11 is 3.33. The zero-order valence-electron chi connectivity index (χ0n) is 14.0. The number of esters is 1. The number of hydrazone groups is 1. The number of nitrogens with zero attached hydrogens (tertiary/aromatic N) is 1. The first-order chi connectivity index (χ1) is 12.4. The Morgan fingerprint density at radius 2 is 1.85 bits per heavy atom. The lowest BCUT2D eigenvalue weighted by atomic mass is 10.2. The van der Waals surface area contributed by atoms with E-state index >= 15 is 0 Å². The zero-order chi connectivity index (χ0) is 19.1. The van der Waals surface area contributed by atoms with Crippen molar-refractivity contribution in [2.75, 3.05) is 14.2 Å². The highest BCUT2D eigenvalue weighted by Gasteiger charge is 2.17. The molecule has 0 radical (unpaired) electrons. The first-order valence-corrected chi connectivity index (χ1v) is 8.06. The summed E-state index contributed by atoms with van der Waals surface area (Å²) in [5.41, 5.74) is 7.96. The quantitative estimate of drug-likeness (QED) is 0.322. The van der Waals surface area contributed by atoms with Crippen molar-refractivity contribution >= 4 is 34.1 Å². The summed E-state index contributed by atoms with van der Waals surface area (Å²) in [5.74, 6) is 0.604. The Hall–Kier alpha value is -3.07. The van der Waals surface area contributed by atoms with Crippen LogP contribution in [0.5, 0.6) is 17.2 Å². The Morgan fingerprint density at radius 3 is 2.42 bits per heavy atom. The number of carbonyl (C=O) groups excluding carboxylic acids is 2. The second kappa shape index (κ2) is 8.86. The highest BCUT2D eigenvalue weighted by atomic mass is 79.9. The molecule has 8 nitrogen and oxygen atoms in total. The fourth-order valence-electron chi connectivity index (χ4n) is 1.96.